The Balaban J connectivity index is 1.66. The second-order valence-corrected chi connectivity index (χ2v) is 6.89. The molecule has 3 N–H and O–H groups in total. The molecule has 0 atom stereocenters. The van der Waals surface area contributed by atoms with Crippen molar-refractivity contribution in [3.8, 4) is 11.5 Å². The number of para-hydroxylation sites is 1. The summed E-state index contributed by atoms with van der Waals surface area (Å²) in [7, 11) is 0. The van der Waals surface area contributed by atoms with Crippen LogP contribution < -0.4 is 15.4 Å². The molecule has 2 aromatic carbocycles. The van der Waals surface area contributed by atoms with E-state index in [1.165, 1.54) is 0 Å². The quantitative estimate of drug-likeness (QED) is 0.364. The van der Waals surface area contributed by atoms with Gasteiger partial charge in [0.2, 0.25) is 0 Å². The molecule has 1 heterocycles. The molecule has 30 heavy (non-hydrogen) atoms. The molecule has 6 nitrogen and oxygen atoms in total. The normalized spacial score (nSPS) is 10.2. The van der Waals surface area contributed by atoms with Crippen LogP contribution in [0.1, 0.15) is 35.8 Å². The molecule has 1 amide bonds. The first-order valence-corrected chi connectivity index (χ1v) is 9.95. The molecule has 0 unspecified atom stereocenters. The van der Waals surface area contributed by atoms with E-state index in [1.54, 1.807) is 24.4 Å². The van der Waals surface area contributed by atoms with Crippen LogP contribution >= 0.6 is 12.2 Å². The zero-order valence-electron chi connectivity index (χ0n) is 16.5. The van der Waals surface area contributed by atoms with Crippen molar-refractivity contribution < 1.29 is 9.53 Å². The number of nitrogens with zero attached hydrogens (tertiary/aromatic N) is 1. The standard InChI is InChI=1S/C23H22N4O2S/c1-2-8-20(24)21-19(13-7-14-25-21)22(28)27-23(30)26-16-9-6-12-18(15-16)29-17-10-4-3-5-11-17/h3-7,9-15,24H,2,8H2,1H3,(H2,26,27,28,30). The van der Waals surface area contributed by atoms with Crippen molar-refractivity contribution in [1.82, 2.24) is 10.3 Å². The van der Waals surface area contributed by atoms with Gasteiger partial charge in [-0.05, 0) is 55.0 Å². The number of thiocarbonyl (C=S) groups is 1. The number of amides is 1. The summed E-state index contributed by atoms with van der Waals surface area (Å²) in [6.45, 7) is 1.98. The average Bonchev–Trinajstić information content (AvgIpc) is 2.75. The Labute approximate surface area is 180 Å². The van der Waals surface area contributed by atoms with Crippen molar-refractivity contribution in [1.29, 1.82) is 5.41 Å². The van der Waals surface area contributed by atoms with Crippen molar-refractivity contribution in [2.75, 3.05) is 5.32 Å². The molecule has 3 aromatic rings. The van der Waals surface area contributed by atoms with E-state index in [4.69, 9.17) is 22.4 Å². The fourth-order valence-corrected chi connectivity index (χ4v) is 3.00. The van der Waals surface area contributed by atoms with Crippen LogP contribution in [-0.4, -0.2) is 21.7 Å². The van der Waals surface area contributed by atoms with Crippen molar-refractivity contribution in [3.05, 3.63) is 84.2 Å². The second-order valence-electron chi connectivity index (χ2n) is 6.48. The summed E-state index contributed by atoms with van der Waals surface area (Å²) in [6, 6.07) is 20.0. The molecule has 0 saturated heterocycles. The number of hydrogen-bond donors (Lipinski definition) is 3. The minimum Gasteiger partial charge on any atom is -0.457 e. The largest absolute Gasteiger partial charge is 0.457 e. The number of anilines is 1. The Kier molecular flexibility index (Phi) is 7.24. The Morgan fingerprint density at radius 1 is 1.07 bits per heavy atom. The molecular weight excluding hydrogens is 396 g/mol. The van der Waals surface area contributed by atoms with E-state index in [-0.39, 0.29) is 5.11 Å². The van der Waals surface area contributed by atoms with E-state index in [0.717, 1.165) is 12.2 Å². The first-order chi connectivity index (χ1) is 14.6. The third kappa shape index (κ3) is 5.71. The fourth-order valence-electron chi connectivity index (χ4n) is 2.79. The molecule has 0 radical (unpaired) electrons. The number of rotatable bonds is 7. The fraction of sp³-hybridized carbons (Fsp3) is 0.130. The molecule has 7 heteroatoms. The predicted molar refractivity (Wildman–Crippen MR) is 123 cm³/mol. The lowest BCUT2D eigenvalue weighted by Gasteiger charge is -2.13. The summed E-state index contributed by atoms with van der Waals surface area (Å²) < 4.78 is 5.81. The van der Waals surface area contributed by atoms with Crippen molar-refractivity contribution >= 4 is 34.6 Å². The second kappa shape index (κ2) is 10.3. The zero-order chi connectivity index (χ0) is 21.3. The highest BCUT2D eigenvalue weighted by Gasteiger charge is 2.16. The Morgan fingerprint density at radius 2 is 1.83 bits per heavy atom. The smallest absolute Gasteiger partial charge is 0.259 e. The van der Waals surface area contributed by atoms with Crippen LogP contribution in [0.25, 0.3) is 0 Å². The maximum absolute atomic E-state index is 12.7. The minimum atomic E-state index is -0.409. The van der Waals surface area contributed by atoms with E-state index in [9.17, 15) is 4.79 Å². The van der Waals surface area contributed by atoms with E-state index in [0.29, 0.717) is 34.8 Å². The number of hydrogen-bond acceptors (Lipinski definition) is 5. The van der Waals surface area contributed by atoms with E-state index < -0.39 is 5.91 Å². The molecule has 0 aliphatic carbocycles. The van der Waals surface area contributed by atoms with Crippen LogP contribution in [-0.2, 0) is 0 Å². The molecule has 1 aromatic heterocycles. The van der Waals surface area contributed by atoms with E-state index >= 15 is 0 Å². The molecule has 0 saturated carbocycles. The van der Waals surface area contributed by atoms with Crippen LogP contribution in [0.15, 0.2) is 72.9 Å². The number of aromatic nitrogens is 1. The van der Waals surface area contributed by atoms with Crippen molar-refractivity contribution in [2.24, 2.45) is 0 Å². The van der Waals surface area contributed by atoms with Gasteiger partial charge in [-0.25, -0.2) is 0 Å². The van der Waals surface area contributed by atoms with Crippen LogP contribution in [0.5, 0.6) is 11.5 Å². The Bertz CT molecular complexity index is 1050. The first kappa shape index (κ1) is 21.1. The van der Waals surface area contributed by atoms with Gasteiger partial charge in [-0.3, -0.25) is 15.1 Å². The SMILES string of the molecule is CCCC(=N)c1ncccc1C(=O)NC(=S)Nc1cccc(Oc2ccccc2)c1. The number of nitrogens with one attached hydrogen (secondary N) is 3. The number of carbonyl (C=O) groups excluding carboxylic acids is 1. The first-order valence-electron chi connectivity index (χ1n) is 9.55. The molecule has 0 spiro atoms. The summed E-state index contributed by atoms with van der Waals surface area (Å²) in [5, 5.41) is 13.9. The monoisotopic (exact) mass is 418 g/mol. The molecule has 0 aliphatic rings. The Morgan fingerprint density at radius 3 is 2.60 bits per heavy atom. The van der Waals surface area contributed by atoms with Gasteiger partial charge in [0.1, 0.15) is 11.5 Å². The van der Waals surface area contributed by atoms with Gasteiger partial charge in [0.15, 0.2) is 5.11 Å². The minimum absolute atomic E-state index is 0.147. The van der Waals surface area contributed by atoms with Gasteiger partial charge < -0.3 is 15.5 Å². The average molecular weight is 419 g/mol. The van der Waals surface area contributed by atoms with E-state index in [1.807, 2.05) is 55.5 Å². The summed E-state index contributed by atoms with van der Waals surface area (Å²) in [6.07, 6.45) is 2.93. The van der Waals surface area contributed by atoms with Gasteiger partial charge in [0.05, 0.1) is 17.0 Å². The number of benzene rings is 2. The molecule has 0 bridgehead atoms. The molecule has 3 rings (SSSR count). The van der Waals surface area contributed by atoms with Gasteiger partial charge >= 0.3 is 0 Å². The summed E-state index contributed by atoms with van der Waals surface area (Å²) in [5.74, 6) is 0.959. The number of pyridine rings is 1. The van der Waals surface area contributed by atoms with Crippen LogP contribution in [0, 0.1) is 5.41 Å². The molecule has 0 fully saturated rings. The van der Waals surface area contributed by atoms with Crippen molar-refractivity contribution in [2.45, 2.75) is 19.8 Å². The van der Waals surface area contributed by atoms with Crippen molar-refractivity contribution in [3.63, 3.8) is 0 Å². The lowest BCUT2D eigenvalue weighted by molar-refractivity contribution is 0.0977. The number of carbonyl (C=O) groups is 1. The number of ether oxygens (including phenoxy) is 1. The Hall–Kier alpha value is -3.58. The van der Waals surface area contributed by atoms with E-state index in [2.05, 4.69) is 15.6 Å². The van der Waals surface area contributed by atoms with Gasteiger partial charge in [0.25, 0.3) is 5.91 Å². The maximum atomic E-state index is 12.7. The highest BCUT2D eigenvalue weighted by Crippen LogP contribution is 2.23. The maximum Gasteiger partial charge on any atom is 0.259 e. The molecule has 0 aliphatic heterocycles. The van der Waals surface area contributed by atoms with Gasteiger partial charge in [-0.15, -0.1) is 0 Å². The van der Waals surface area contributed by atoms with Gasteiger partial charge in [-0.1, -0.05) is 37.6 Å². The molecule has 152 valence electrons. The third-order valence-electron chi connectivity index (χ3n) is 4.14. The summed E-state index contributed by atoms with van der Waals surface area (Å²) in [5.41, 5.74) is 1.70. The third-order valence-corrected chi connectivity index (χ3v) is 4.34. The van der Waals surface area contributed by atoms with Gasteiger partial charge in [-0.2, -0.15) is 0 Å². The lowest BCUT2D eigenvalue weighted by Crippen LogP contribution is -2.35. The van der Waals surface area contributed by atoms with Gasteiger partial charge in [0, 0.05) is 18.0 Å². The lowest BCUT2D eigenvalue weighted by atomic mass is 10.1. The summed E-state index contributed by atoms with van der Waals surface area (Å²) in [4.78, 5) is 16.9. The van der Waals surface area contributed by atoms with Crippen LogP contribution in [0.3, 0.4) is 0 Å². The highest BCUT2D eigenvalue weighted by atomic mass is 32.1. The topological polar surface area (TPSA) is 87.1 Å². The predicted octanol–water partition coefficient (Wildman–Crippen LogP) is 5.17. The summed E-state index contributed by atoms with van der Waals surface area (Å²) >= 11 is 5.29. The van der Waals surface area contributed by atoms with Crippen LogP contribution in [0.4, 0.5) is 5.69 Å². The molecular formula is C23H22N4O2S. The highest BCUT2D eigenvalue weighted by molar-refractivity contribution is 7.80. The zero-order valence-corrected chi connectivity index (χ0v) is 17.3. The van der Waals surface area contributed by atoms with Crippen LogP contribution in [0.2, 0.25) is 0 Å².